The number of hydrogen-bond acceptors (Lipinski definition) is 3. The Balaban J connectivity index is 2.04. The zero-order valence-electron chi connectivity index (χ0n) is 14.3. The van der Waals surface area contributed by atoms with E-state index in [1.54, 1.807) is 18.2 Å². The van der Waals surface area contributed by atoms with Gasteiger partial charge in [-0.2, -0.15) is 0 Å². The maximum absolute atomic E-state index is 12.8. The van der Waals surface area contributed by atoms with Crippen molar-refractivity contribution in [1.82, 2.24) is 10.2 Å². The standard InChI is InChI=1S/C18H27ClN2O2/c1-13(2)23-17-5-4-15(19)12-16(17)18(22)21-10-7-14(8-11-21)6-9-20-3/h4-5,12-14,20H,6-11H2,1-3H3. The van der Waals surface area contributed by atoms with Crippen molar-refractivity contribution in [2.45, 2.75) is 39.2 Å². The van der Waals surface area contributed by atoms with Gasteiger partial charge in [-0.25, -0.2) is 0 Å². The molecule has 0 atom stereocenters. The number of piperidine rings is 1. The third kappa shape index (κ3) is 5.11. The maximum Gasteiger partial charge on any atom is 0.257 e. The van der Waals surface area contributed by atoms with Gasteiger partial charge < -0.3 is 15.0 Å². The van der Waals surface area contributed by atoms with Crippen LogP contribution in [0.1, 0.15) is 43.5 Å². The number of likely N-dealkylation sites (tertiary alicyclic amines) is 1. The van der Waals surface area contributed by atoms with Crippen molar-refractivity contribution < 1.29 is 9.53 Å². The molecule has 1 aromatic carbocycles. The minimum Gasteiger partial charge on any atom is -0.490 e. The van der Waals surface area contributed by atoms with Crippen molar-refractivity contribution in [2.75, 3.05) is 26.7 Å². The van der Waals surface area contributed by atoms with Crippen LogP contribution in [-0.4, -0.2) is 43.6 Å². The van der Waals surface area contributed by atoms with Gasteiger partial charge in [0.05, 0.1) is 11.7 Å². The van der Waals surface area contributed by atoms with Crippen LogP contribution in [-0.2, 0) is 0 Å². The molecular weight excluding hydrogens is 312 g/mol. The molecule has 1 saturated heterocycles. The molecule has 1 aliphatic heterocycles. The lowest BCUT2D eigenvalue weighted by Crippen LogP contribution is -2.39. The number of benzene rings is 1. The Hall–Kier alpha value is -1.26. The Morgan fingerprint density at radius 1 is 1.39 bits per heavy atom. The van der Waals surface area contributed by atoms with Crippen LogP contribution in [0.5, 0.6) is 5.75 Å². The molecule has 1 fully saturated rings. The highest BCUT2D eigenvalue weighted by Crippen LogP contribution is 2.28. The molecule has 1 N–H and O–H groups in total. The van der Waals surface area contributed by atoms with Crippen LogP contribution in [0.25, 0.3) is 0 Å². The molecule has 128 valence electrons. The predicted octanol–water partition coefficient (Wildman–Crippen LogP) is 3.59. The Kier molecular flexibility index (Phi) is 6.72. The third-order valence-corrected chi connectivity index (χ3v) is 4.47. The van der Waals surface area contributed by atoms with Gasteiger partial charge in [0.15, 0.2) is 0 Å². The lowest BCUT2D eigenvalue weighted by molar-refractivity contribution is 0.0681. The Morgan fingerprint density at radius 3 is 2.70 bits per heavy atom. The summed E-state index contributed by atoms with van der Waals surface area (Å²) in [6.45, 7) is 6.56. The summed E-state index contributed by atoms with van der Waals surface area (Å²) < 4.78 is 5.77. The smallest absolute Gasteiger partial charge is 0.257 e. The Bertz CT molecular complexity index is 526. The van der Waals surface area contributed by atoms with Crippen molar-refractivity contribution in [3.8, 4) is 5.75 Å². The number of carbonyl (C=O) groups excluding carboxylic acids is 1. The number of amides is 1. The molecule has 0 aliphatic carbocycles. The average Bonchev–Trinajstić information content (AvgIpc) is 2.54. The Morgan fingerprint density at radius 2 is 2.09 bits per heavy atom. The zero-order chi connectivity index (χ0) is 16.8. The van der Waals surface area contributed by atoms with E-state index in [0.29, 0.717) is 22.3 Å². The van der Waals surface area contributed by atoms with E-state index in [1.165, 1.54) is 6.42 Å². The molecule has 0 bridgehead atoms. The largest absolute Gasteiger partial charge is 0.490 e. The second kappa shape index (κ2) is 8.55. The molecule has 1 aromatic rings. The molecule has 4 nitrogen and oxygen atoms in total. The van der Waals surface area contributed by atoms with Crippen molar-refractivity contribution in [2.24, 2.45) is 5.92 Å². The molecule has 0 unspecified atom stereocenters. The molecule has 1 heterocycles. The summed E-state index contributed by atoms with van der Waals surface area (Å²) in [5.74, 6) is 1.35. The van der Waals surface area contributed by atoms with Crippen LogP contribution >= 0.6 is 11.6 Å². The van der Waals surface area contributed by atoms with E-state index in [0.717, 1.165) is 32.5 Å². The van der Waals surface area contributed by atoms with Crippen molar-refractivity contribution >= 4 is 17.5 Å². The summed E-state index contributed by atoms with van der Waals surface area (Å²) >= 11 is 6.08. The molecule has 1 aliphatic rings. The molecular formula is C18H27ClN2O2. The van der Waals surface area contributed by atoms with E-state index >= 15 is 0 Å². The normalized spacial score (nSPS) is 16.0. The highest BCUT2D eigenvalue weighted by molar-refractivity contribution is 6.31. The first-order valence-corrected chi connectivity index (χ1v) is 8.79. The summed E-state index contributed by atoms with van der Waals surface area (Å²) in [6.07, 6.45) is 3.33. The first kappa shape index (κ1) is 18.1. The first-order chi connectivity index (χ1) is 11.0. The second-order valence-corrected chi connectivity index (χ2v) is 6.87. The highest BCUT2D eigenvalue weighted by atomic mass is 35.5. The van der Waals surface area contributed by atoms with Gasteiger partial charge >= 0.3 is 0 Å². The minimum absolute atomic E-state index is 0.0232. The predicted molar refractivity (Wildman–Crippen MR) is 94.4 cm³/mol. The van der Waals surface area contributed by atoms with E-state index in [4.69, 9.17) is 16.3 Å². The number of rotatable bonds is 6. The fourth-order valence-electron chi connectivity index (χ4n) is 2.97. The summed E-state index contributed by atoms with van der Waals surface area (Å²) in [7, 11) is 1.98. The maximum atomic E-state index is 12.8. The van der Waals surface area contributed by atoms with Crippen LogP contribution in [0, 0.1) is 5.92 Å². The van der Waals surface area contributed by atoms with E-state index < -0.39 is 0 Å². The lowest BCUT2D eigenvalue weighted by atomic mass is 9.93. The summed E-state index contributed by atoms with van der Waals surface area (Å²) in [6, 6.07) is 5.27. The molecule has 1 amide bonds. The van der Waals surface area contributed by atoms with Crippen molar-refractivity contribution in [1.29, 1.82) is 0 Å². The molecule has 2 rings (SSSR count). The van der Waals surface area contributed by atoms with Crippen LogP contribution in [0.3, 0.4) is 0 Å². The number of halogens is 1. The van der Waals surface area contributed by atoms with Gasteiger partial charge in [0.25, 0.3) is 5.91 Å². The van der Waals surface area contributed by atoms with Gasteiger partial charge in [-0.1, -0.05) is 11.6 Å². The van der Waals surface area contributed by atoms with Gasteiger partial charge in [0.2, 0.25) is 0 Å². The zero-order valence-corrected chi connectivity index (χ0v) is 15.0. The minimum atomic E-state index is 0.0232. The number of nitrogens with zero attached hydrogens (tertiary/aromatic N) is 1. The first-order valence-electron chi connectivity index (χ1n) is 8.41. The lowest BCUT2D eigenvalue weighted by Gasteiger charge is -2.32. The topological polar surface area (TPSA) is 41.6 Å². The summed E-state index contributed by atoms with van der Waals surface area (Å²) in [4.78, 5) is 14.8. The monoisotopic (exact) mass is 338 g/mol. The molecule has 0 radical (unpaired) electrons. The van der Waals surface area contributed by atoms with E-state index in [1.807, 2.05) is 25.8 Å². The van der Waals surface area contributed by atoms with Crippen LogP contribution < -0.4 is 10.1 Å². The third-order valence-electron chi connectivity index (χ3n) is 4.24. The Labute approximate surface area is 144 Å². The second-order valence-electron chi connectivity index (χ2n) is 6.43. The summed E-state index contributed by atoms with van der Waals surface area (Å²) in [5.41, 5.74) is 0.569. The molecule has 0 aromatic heterocycles. The highest BCUT2D eigenvalue weighted by Gasteiger charge is 2.25. The van der Waals surface area contributed by atoms with Gasteiger partial charge in [0, 0.05) is 18.1 Å². The molecule has 0 spiro atoms. The summed E-state index contributed by atoms with van der Waals surface area (Å²) in [5, 5.41) is 3.76. The number of carbonyl (C=O) groups is 1. The average molecular weight is 339 g/mol. The molecule has 5 heteroatoms. The van der Waals surface area contributed by atoms with Gasteiger partial charge in [-0.3, -0.25) is 4.79 Å². The van der Waals surface area contributed by atoms with Gasteiger partial charge in [0.1, 0.15) is 5.75 Å². The van der Waals surface area contributed by atoms with Crippen LogP contribution in [0.2, 0.25) is 5.02 Å². The van der Waals surface area contributed by atoms with Crippen molar-refractivity contribution in [3.05, 3.63) is 28.8 Å². The molecule has 0 saturated carbocycles. The quantitative estimate of drug-likeness (QED) is 0.861. The fourth-order valence-corrected chi connectivity index (χ4v) is 3.14. The number of nitrogens with one attached hydrogen (secondary N) is 1. The van der Waals surface area contributed by atoms with Crippen molar-refractivity contribution in [3.63, 3.8) is 0 Å². The molecule has 23 heavy (non-hydrogen) atoms. The van der Waals surface area contributed by atoms with E-state index in [-0.39, 0.29) is 12.0 Å². The fraction of sp³-hybridized carbons (Fsp3) is 0.611. The van der Waals surface area contributed by atoms with Gasteiger partial charge in [-0.05, 0) is 70.8 Å². The van der Waals surface area contributed by atoms with Gasteiger partial charge in [-0.15, -0.1) is 0 Å². The number of hydrogen-bond donors (Lipinski definition) is 1. The van der Waals surface area contributed by atoms with Crippen LogP contribution in [0.15, 0.2) is 18.2 Å². The SMILES string of the molecule is CNCCC1CCN(C(=O)c2cc(Cl)ccc2OC(C)C)CC1. The number of ether oxygens (including phenoxy) is 1. The van der Waals surface area contributed by atoms with E-state index in [2.05, 4.69) is 5.32 Å². The van der Waals surface area contributed by atoms with Crippen LogP contribution in [0.4, 0.5) is 0 Å². The van der Waals surface area contributed by atoms with E-state index in [9.17, 15) is 4.79 Å².